The standard InChI is InChI=1S/C21H18ClF3N2O/c1-13(5-6-19(25)14-3-2-4-16(22)9-14)21(28)27-20(7-8-26-27)15-10-17(23)12-18(24)11-15/h2-4,8-12,19-20H,1,5-7H2. The van der Waals surface area contributed by atoms with Gasteiger partial charge in [-0.2, -0.15) is 5.10 Å². The van der Waals surface area contributed by atoms with E-state index in [2.05, 4.69) is 11.7 Å². The lowest BCUT2D eigenvalue weighted by Crippen LogP contribution is -2.28. The van der Waals surface area contributed by atoms with E-state index in [0.717, 1.165) is 11.1 Å². The van der Waals surface area contributed by atoms with Gasteiger partial charge >= 0.3 is 0 Å². The topological polar surface area (TPSA) is 32.7 Å². The molecule has 0 N–H and O–H groups in total. The van der Waals surface area contributed by atoms with Gasteiger partial charge in [0.2, 0.25) is 0 Å². The van der Waals surface area contributed by atoms with Gasteiger partial charge in [-0.05, 0) is 48.2 Å². The summed E-state index contributed by atoms with van der Waals surface area (Å²) in [6.07, 6.45) is 0.710. The third-order valence-electron chi connectivity index (χ3n) is 4.52. The van der Waals surface area contributed by atoms with Crippen LogP contribution in [-0.2, 0) is 4.79 Å². The highest BCUT2D eigenvalue weighted by Gasteiger charge is 2.30. The summed E-state index contributed by atoms with van der Waals surface area (Å²) in [5.74, 6) is -1.95. The molecule has 1 aliphatic rings. The molecule has 0 aromatic heterocycles. The number of hydrogen-bond acceptors (Lipinski definition) is 2. The number of nitrogens with zero attached hydrogens (tertiary/aromatic N) is 2. The summed E-state index contributed by atoms with van der Waals surface area (Å²) in [6.45, 7) is 3.74. The van der Waals surface area contributed by atoms with Crippen molar-refractivity contribution in [2.75, 3.05) is 0 Å². The van der Waals surface area contributed by atoms with Gasteiger partial charge < -0.3 is 0 Å². The first-order valence-electron chi connectivity index (χ1n) is 8.74. The number of hydrazone groups is 1. The van der Waals surface area contributed by atoms with Crippen LogP contribution < -0.4 is 0 Å². The van der Waals surface area contributed by atoms with Crippen molar-refractivity contribution in [2.24, 2.45) is 5.10 Å². The second-order valence-corrected chi connectivity index (χ2v) is 7.00. The molecule has 1 amide bonds. The van der Waals surface area contributed by atoms with Crippen LogP contribution in [0, 0.1) is 11.6 Å². The normalized spacial score (nSPS) is 17.0. The van der Waals surface area contributed by atoms with Gasteiger partial charge in [-0.15, -0.1) is 0 Å². The number of alkyl halides is 1. The molecule has 0 bridgehead atoms. The molecule has 3 rings (SSSR count). The molecule has 0 saturated carbocycles. The number of benzene rings is 2. The zero-order valence-electron chi connectivity index (χ0n) is 14.9. The third-order valence-corrected chi connectivity index (χ3v) is 4.76. The summed E-state index contributed by atoms with van der Waals surface area (Å²) in [7, 11) is 0. The highest BCUT2D eigenvalue weighted by molar-refractivity contribution is 6.30. The molecule has 0 radical (unpaired) electrons. The summed E-state index contributed by atoms with van der Waals surface area (Å²) in [6, 6.07) is 8.96. The summed E-state index contributed by atoms with van der Waals surface area (Å²) >= 11 is 5.87. The molecule has 2 aromatic rings. The lowest BCUT2D eigenvalue weighted by molar-refractivity contribution is -0.129. The summed E-state index contributed by atoms with van der Waals surface area (Å²) < 4.78 is 41.4. The van der Waals surface area contributed by atoms with Gasteiger partial charge in [0.1, 0.15) is 17.8 Å². The molecular weight excluding hydrogens is 389 g/mol. The molecule has 0 aliphatic carbocycles. The lowest BCUT2D eigenvalue weighted by Gasteiger charge is -2.23. The van der Waals surface area contributed by atoms with E-state index in [4.69, 9.17) is 11.6 Å². The molecule has 28 heavy (non-hydrogen) atoms. The van der Waals surface area contributed by atoms with Crippen LogP contribution in [0.1, 0.15) is 42.6 Å². The molecule has 2 unspecified atom stereocenters. The van der Waals surface area contributed by atoms with Crippen molar-refractivity contribution in [2.45, 2.75) is 31.5 Å². The van der Waals surface area contributed by atoms with E-state index in [9.17, 15) is 18.0 Å². The third kappa shape index (κ3) is 4.62. The predicted octanol–water partition coefficient (Wildman–Crippen LogP) is 5.92. The molecule has 0 spiro atoms. The van der Waals surface area contributed by atoms with Gasteiger partial charge in [0.15, 0.2) is 0 Å². The lowest BCUT2D eigenvalue weighted by atomic mass is 10.0. The Balaban J connectivity index is 1.65. The Labute approximate surface area is 166 Å². The van der Waals surface area contributed by atoms with Crippen molar-refractivity contribution >= 4 is 23.7 Å². The van der Waals surface area contributed by atoms with E-state index in [0.29, 0.717) is 22.6 Å². The smallest absolute Gasteiger partial charge is 0.268 e. The van der Waals surface area contributed by atoms with Crippen molar-refractivity contribution in [3.05, 3.63) is 82.4 Å². The maximum absolute atomic E-state index is 14.4. The Morgan fingerprint density at radius 2 is 1.96 bits per heavy atom. The Hall–Kier alpha value is -2.60. The predicted molar refractivity (Wildman–Crippen MR) is 103 cm³/mol. The Morgan fingerprint density at radius 3 is 2.64 bits per heavy atom. The quantitative estimate of drug-likeness (QED) is 0.547. The first-order chi connectivity index (χ1) is 13.3. The molecule has 3 nitrogen and oxygen atoms in total. The zero-order chi connectivity index (χ0) is 20.3. The second-order valence-electron chi connectivity index (χ2n) is 6.57. The number of halogens is 4. The van der Waals surface area contributed by atoms with Gasteiger partial charge in [0, 0.05) is 29.3 Å². The van der Waals surface area contributed by atoms with Gasteiger partial charge in [0.25, 0.3) is 5.91 Å². The van der Waals surface area contributed by atoms with E-state index in [-0.39, 0.29) is 18.4 Å². The van der Waals surface area contributed by atoms with Crippen molar-refractivity contribution in [3.63, 3.8) is 0 Å². The Bertz CT molecular complexity index is 911. The Kier molecular flexibility index (Phi) is 6.19. The van der Waals surface area contributed by atoms with E-state index >= 15 is 0 Å². The highest BCUT2D eigenvalue weighted by Crippen LogP contribution is 2.32. The van der Waals surface area contributed by atoms with Crippen LogP contribution in [0.4, 0.5) is 13.2 Å². The first-order valence-corrected chi connectivity index (χ1v) is 9.12. The van der Waals surface area contributed by atoms with Crippen LogP contribution >= 0.6 is 11.6 Å². The minimum absolute atomic E-state index is 0.0573. The fourth-order valence-electron chi connectivity index (χ4n) is 3.09. The van der Waals surface area contributed by atoms with Crippen molar-refractivity contribution in [1.29, 1.82) is 0 Å². The van der Waals surface area contributed by atoms with Crippen LogP contribution in [0.5, 0.6) is 0 Å². The first kappa shape index (κ1) is 20.1. The van der Waals surface area contributed by atoms with E-state index in [1.54, 1.807) is 18.2 Å². The van der Waals surface area contributed by atoms with Crippen LogP contribution in [-0.4, -0.2) is 17.1 Å². The summed E-state index contributed by atoms with van der Waals surface area (Å²) in [5.41, 5.74) is 0.907. The fraction of sp³-hybridized carbons (Fsp3) is 0.238. The van der Waals surface area contributed by atoms with Crippen molar-refractivity contribution in [1.82, 2.24) is 5.01 Å². The summed E-state index contributed by atoms with van der Waals surface area (Å²) in [5, 5.41) is 5.59. The number of carbonyl (C=O) groups excluding carboxylic acids is 1. The van der Waals surface area contributed by atoms with Gasteiger partial charge in [-0.1, -0.05) is 30.3 Å². The van der Waals surface area contributed by atoms with E-state index in [1.807, 2.05) is 0 Å². The average Bonchev–Trinajstić information content (AvgIpc) is 3.14. The minimum Gasteiger partial charge on any atom is -0.268 e. The van der Waals surface area contributed by atoms with Crippen molar-refractivity contribution < 1.29 is 18.0 Å². The zero-order valence-corrected chi connectivity index (χ0v) is 15.7. The minimum atomic E-state index is -1.29. The molecule has 2 atom stereocenters. The fourth-order valence-corrected chi connectivity index (χ4v) is 3.29. The van der Waals surface area contributed by atoms with Gasteiger partial charge in [0.05, 0.1) is 6.04 Å². The number of hydrogen-bond donors (Lipinski definition) is 0. The number of rotatable bonds is 6. The molecule has 2 aromatic carbocycles. The monoisotopic (exact) mass is 406 g/mol. The molecule has 7 heteroatoms. The van der Waals surface area contributed by atoms with Crippen LogP contribution in [0.15, 0.2) is 59.7 Å². The van der Waals surface area contributed by atoms with Crippen molar-refractivity contribution in [3.8, 4) is 0 Å². The van der Waals surface area contributed by atoms with Gasteiger partial charge in [-0.3, -0.25) is 4.79 Å². The molecule has 0 fully saturated rings. The molecule has 146 valence electrons. The summed E-state index contributed by atoms with van der Waals surface area (Å²) in [4.78, 5) is 12.7. The highest BCUT2D eigenvalue weighted by atomic mass is 35.5. The molecular formula is C21H18ClF3N2O. The van der Waals surface area contributed by atoms with Crippen LogP contribution in [0.3, 0.4) is 0 Å². The number of amides is 1. The maximum atomic E-state index is 14.4. The van der Waals surface area contributed by atoms with Crippen LogP contribution in [0.2, 0.25) is 5.02 Å². The second kappa shape index (κ2) is 8.61. The van der Waals surface area contributed by atoms with E-state index in [1.165, 1.54) is 24.4 Å². The molecule has 1 aliphatic heterocycles. The molecule has 1 heterocycles. The van der Waals surface area contributed by atoms with Gasteiger partial charge in [-0.25, -0.2) is 18.2 Å². The SMILES string of the molecule is C=C(CCC(F)c1cccc(Cl)c1)C(=O)N1N=CCC1c1cc(F)cc(F)c1. The maximum Gasteiger partial charge on any atom is 0.269 e. The Morgan fingerprint density at radius 1 is 1.25 bits per heavy atom. The largest absolute Gasteiger partial charge is 0.269 e. The average molecular weight is 407 g/mol. The molecule has 0 saturated heterocycles. The number of carbonyl (C=O) groups is 1. The van der Waals surface area contributed by atoms with Crippen LogP contribution in [0.25, 0.3) is 0 Å². The van der Waals surface area contributed by atoms with E-state index < -0.39 is 29.8 Å².